The number of halogens is 4. The first-order chi connectivity index (χ1) is 14.6. The van der Waals surface area contributed by atoms with Crippen LogP contribution in [0, 0.1) is 0 Å². The Kier molecular flexibility index (Phi) is 6.64. The number of carbonyl (C=O) groups is 1. The molecule has 162 valence electrons. The van der Waals surface area contributed by atoms with Gasteiger partial charge in [0, 0.05) is 22.6 Å². The SMILES string of the molecule is O=C(c1cc(=O)[nH]c(=O)[nH]1)N(Cc1ccccc1)Cc1ccc(Br)cc1OC(F)(F)F. The maximum atomic E-state index is 13.1. The number of nitrogens with one attached hydrogen (secondary N) is 2. The highest BCUT2D eigenvalue weighted by Gasteiger charge is 2.32. The molecule has 0 unspecified atom stereocenters. The highest BCUT2D eigenvalue weighted by atomic mass is 79.9. The number of carbonyl (C=O) groups excluding carboxylic acids is 1. The Morgan fingerprint density at radius 2 is 1.71 bits per heavy atom. The molecule has 3 aromatic rings. The normalized spacial score (nSPS) is 11.2. The van der Waals surface area contributed by atoms with Crippen LogP contribution in [0.25, 0.3) is 0 Å². The van der Waals surface area contributed by atoms with Crippen molar-refractivity contribution < 1.29 is 22.7 Å². The van der Waals surface area contributed by atoms with Gasteiger partial charge in [-0.2, -0.15) is 0 Å². The molecule has 0 aliphatic heterocycles. The van der Waals surface area contributed by atoms with Gasteiger partial charge in [-0.3, -0.25) is 14.6 Å². The zero-order chi connectivity index (χ0) is 22.6. The van der Waals surface area contributed by atoms with Gasteiger partial charge >= 0.3 is 12.1 Å². The van der Waals surface area contributed by atoms with Crippen molar-refractivity contribution in [3.8, 4) is 5.75 Å². The smallest absolute Gasteiger partial charge is 0.405 e. The predicted molar refractivity (Wildman–Crippen MR) is 109 cm³/mol. The number of H-pyrrole nitrogens is 2. The number of benzene rings is 2. The third-order valence-corrected chi connectivity index (χ3v) is 4.60. The van der Waals surface area contributed by atoms with E-state index in [0.717, 1.165) is 12.1 Å². The number of nitrogens with zero attached hydrogens (tertiary/aromatic N) is 1. The summed E-state index contributed by atoms with van der Waals surface area (Å²) < 4.78 is 43.0. The van der Waals surface area contributed by atoms with Gasteiger partial charge in [-0.15, -0.1) is 13.2 Å². The fourth-order valence-electron chi connectivity index (χ4n) is 2.84. The molecule has 0 radical (unpaired) electrons. The van der Waals surface area contributed by atoms with Crippen molar-refractivity contribution in [2.45, 2.75) is 19.5 Å². The largest absolute Gasteiger partial charge is 0.573 e. The van der Waals surface area contributed by atoms with Crippen LogP contribution in [-0.2, 0) is 13.1 Å². The molecule has 2 N–H and O–H groups in total. The summed E-state index contributed by atoms with van der Waals surface area (Å²) in [5.41, 5.74) is -1.17. The molecule has 0 atom stereocenters. The second-order valence-electron chi connectivity index (χ2n) is 6.45. The lowest BCUT2D eigenvalue weighted by Crippen LogP contribution is -2.34. The van der Waals surface area contributed by atoms with Crippen molar-refractivity contribution in [3.63, 3.8) is 0 Å². The fraction of sp³-hybridized carbons (Fsp3) is 0.150. The van der Waals surface area contributed by atoms with E-state index < -0.39 is 29.3 Å². The first-order valence-electron chi connectivity index (χ1n) is 8.82. The number of amides is 1. The summed E-state index contributed by atoms with van der Waals surface area (Å²) >= 11 is 3.10. The maximum Gasteiger partial charge on any atom is 0.573 e. The molecule has 1 heterocycles. The first kappa shape index (κ1) is 22.3. The van der Waals surface area contributed by atoms with Crippen LogP contribution in [0.1, 0.15) is 21.6 Å². The quantitative estimate of drug-likeness (QED) is 0.544. The molecule has 0 fully saturated rings. The predicted octanol–water partition coefficient (Wildman–Crippen LogP) is 3.57. The molecule has 0 aliphatic carbocycles. The van der Waals surface area contributed by atoms with E-state index in [2.05, 4.69) is 25.7 Å². The number of hydrogen-bond donors (Lipinski definition) is 2. The van der Waals surface area contributed by atoms with Crippen molar-refractivity contribution in [2.24, 2.45) is 0 Å². The van der Waals surface area contributed by atoms with E-state index in [-0.39, 0.29) is 24.3 Å². The molecule has 1 aromatic heterocycles. The number of ether oxygens (including phenoxy) is 1. The second-order valence-corrected chi connectivity index (χ2v) is 7.36. The number of hydrogen-bond acceptors (Lipinski definition) is 4. The minimum absolute atomic E-state index is 0.00995. The van der Waals surface area contributed by atoms with Gasteiger partial charge in [0.1, 0.15) is 11.4 Å². The summed E-state index contributed by atoms with van der Waals surface area (Å²) in [7, 11) is 0. The van der Waals surface area contributed by atoms with Crippen LogP contribution in [-0.4, -0.2) is 27.1 Å². The van der Waals surface area contributed by atoms with Crippen LogP contribution < -0.4 is 16.0 Å². The molecular weight excluding hydrogens is 483 g/mol. The zero-order valence-corrected chi connectivity index (χ0v) is 17.3. The average molecular weight is 498 g/mol. The third-order valence-electron chi connectivity index (χ3n) is 4.11. The Bertz CT molecular complexity index is 1160. The van der Waals surface area contributed by atoms with Crippen LogP contribution in [0.4, 0.5) is 13.2 Å². The van der Waals surface area contributed by atoms with Crippen molar-refractivity contribution in [2.75, 3.05) is 0 Å². The molecule has 0 aliphatic rings. The Hall–Kier alpha value is -3.34. The van der Waals surface area contributed by atoms with Crippen LogP contribution in [0.2, 0.25) is 0 Å². The van der Waals surface area contributed by atoms with Crippen molar-refractivity contribution in [3.05, 3.63) is 96.7 Å². The van der Waals surface area contributed by atoms with Gasteiger partial charge in [0.15, 0.2) is 0 Å². The summed E-state index contributed by atoms with van der Waals surface area (Å²) in [6, 6.07) is 13.7. The van der Waals surface area contributed by atoms with E-state index in [1.807, 2.05) is 4.98 Å². The monoisotopic (exact) mass is 497 g/mol. The van der Waals surface area contributed by atoms with E-state index >= 15 is 0 Å². The molecule has 0 saturated heterocycles. The van der Waals surface area contributed by atoms with E-state index in [0.29, 0.717) is 10.0 Å². The van der Waals surface area contributed by atoms with Crippen molar-refractivity contribution in [1.29, 1.82) is 0 Å². The number of aromatic nitrogens is 2. The van der Waals surface area contributed by atoms with Gasteiger partial charge in [0.25, 0.3) is 11.5 Å². The van der Waals surface area contributed by atoms with Gasteiger partial charge < -0.3 is 14.6 Å². The summed E-state index contributed by atoms with van der Waals surface area (Å²) in [5.74, 6) is -1.22. The van der Waals surface area contributed by atoms with Gasteiger partial charge in [-0.05, 0) is 17.7 Å². The van der Waals surface area contributed by atoms with Crippen LogP contribution in [0.5, 0.6) is 5.75 Å². The number of rotatable bonds is 6. The summed E-state index contributed by atoms with van der Waals surface area (Å²) in [6.07, 6.45) is -4.93. The standard InChI is InChI=1S/C20H15BrF3N3O4/c21-14-7-6-13(16(8-14)31-20(22,23)24)11-27(10-12-4-2-1-3-5-12)18(29)15-9-17(28)26-19(30)25-15/h1-9H,10-11H2,(H2,25,26,28,30). The molecule has 2 aromatic carbocycles. The van der Waals surface area contributed by atoms with Gasteiger partial charge in [-0.1, -0.05) is 52.3 Å². The molecule has 0 bridgehead atoms. The summed E-state index contributed by atoms with van der Waals surface area (Å²) in [5, 5.41) is 0. The lowest BCUT2D eigenvalue weighted by Gasteiger charge is -2.24. The Morgan fingerprint density at radius 3 is 2.35 bits per heavy atom. The molecular formula is C20H15BrF3N3O4. The van der Waals surface area contributed by atoms with Crippen molar-refractivity contribution in [1.82, 2.24) is 14.9 Å². The Balaban J connectivity index is 2.00. The van der Waals surface area contributed by atoms with Gasteiger partial charge in [-0.25, -0.2) is 4.79 Å². The minimum atomic E-state index is -4.93. The maximum absolute atomic E-state index is 13.1. The Morgan fingerprint density at radius 1 is 1.00 bits per heavy atom. The molecule has 7 nitrogen and oxygen atoms in total. The van der Waals surface area contributed by atoms with Crippen molar-refractivity contribution >= 4 is 21.8 Å². The minimum Gasteiger partial charge on any atom is -0.405 e. The van der Waals surface area contributed by atoms with Crippen LogP contribution in [0.3, 0.4) is 0 Å². The first-order valence-corrected chi connectivity index (χ1v) is 9.61. The van der Waals surface area contributed by atoms with Crippen LogP contribution >= 0.6 is 15.9 Å². The lowest BCUT2D eigenvalue weighted by molar-refractivity contribution is -0.275. The molecule has 0 spiro atoms. The summed E-state index contributed by atoms with van der Waals surface area (Å²) in [4.78, 5) is 41.6. The van der Waals surface area contributed by atoms with E-state index in [4.69, 9.17) is 0 Å². The molecule has 3 rings (SSSR count). The lowest BCUT2D eigenvalue weighted by atomic mass is 10.1. The van der Waals surface area contributed by atoms with E-state index in [1.54, 1.807) is 30.3 Å². The molecule has 1 amide bonds. The highest BCUT2D eigenvalue weighted by Crippen LogP contribution is 2.30. The van der Waals surface area contributed by atoms with E-state index in [9.17, 15) is 27.6 Å². The van der Waals surface area contributed by atoms with Crippen LogP contribution in [0.15, 0.2) is 68.7 Å². The second kappa shape index (κ2) is 9.21. The third kappa shape index (κ3) is 6.32. The Labute approximate surface area is 181 Å². The van der Waals surface area contributed by atoms with Gasteiger partial charge in [0.05, 0.1) is 6.54 Å². The highest BCUT2D eigenvalue weighted by molar-refractivity contribution is 9.10. The molecule has 11 heteroatoms. The summed E-state index contributed by atoms with van der Waals surface area (Å²) in [6.45, 7) is -0.267. The molecule has 31 heavy (non-hydrogen) atoms. The fourth-order valence-corrected chi connectivity index (χ4v) is 3.18. The molecule has 0 saturated carbocycles. The average Bonchev–Trinajstić information content (AvgIpc) is 2.67. The number of alkyl halides is 3. The number of aromatic amines is 2. The topological polar surface area (TPSA) is 95.3 Å². The van der Waals surface area contributed by atoms with Gasteiger partial charge in [0.2, 0.25) is 0 Å². The van der Waals surface area contributed by atoms with E-state index in [1.165, 1.54) is 17.0 Å². The zero-order valence-electron chi connectivity index (χ0n) is 15.7.